The van der Waals surface area contributed by atoms with Gasteiger partial charge in [0.25, 0.3) is 0 Å². The molecule has 0 radical (unpaired) electrons. The van der Waals surface area contributed by atoms with Gasteiger partial charge in [0.2, 0.25) is 5.71 Å². The Morgan fingerprint density at radius 2 is 2.50 bits per heavy atom. The van der Waals surface area contributed by atoms with Crippen molar-refractivity contribution in [3.63, 3.8) is 0 Å². The minimum Gasteiger partial charge on any atom is -0.448 e. The van der Waals surface area contributed by atoms with Gasteiger partial charge in [0.05, 0.1) is 11.6 Å². The van der Waals surface area contributed by atoms with E-state index in [9.17, 15) is 0 Å². The van der Waals surface area contributed by atoms with E-state index in [0.717, 1.165) is 5.39 Å². The zero-order valence-electron chi connectivity index (χ0n) is 5.09. The predicted molar refractivity (Wildman–Crippen MR) is 35.4 cm³/mol. The standard InChI is InChI=1S/C6H5N3O/c7-9-5-3-8-6-4(5)1-2-10-6/h1-3,7-8H. The fourth-order valence-electron chi connectivity index (χ4n) is 0.927. The van der Waals surface area contributed by atoms with Crippen molar-refractivity contribution in [1.82, 2.24) is 4.98 Å². The molecule has 0 aliphatic heterocycles. The Kier molecular flexibility index (Phi) is 0.887. The molecule has 2 aromatic heterocycles. The van der Waals surface area contributed by atoms with Crippen LogP contribution >= 0.6 is 0 Å². The summed E-state index contributed by atoms with van der Waals surface area (Å²) in [6.07, 6.45) is 3.21. The van der Waals surface area contributed by atoms with Crippen LogP contribution in [0.3, 0.4) is 0 Å². The third kappa shape index (κ3) is 0.500. The van der Waals surface area contributed by atoms with E-state index < -0.39 is 0 Å². The Labute approximate surface area is 56.4 Å². The van der Waals surface area contributed by atoms with Gasteiger partial charge < -0.3 is 9.40 Å². The second-order valence-corrected chi connectivity index (χ2v) is 1.95. The van der Waals surface area contributed by atoms with Crippen molar-refractivity contribution in [1.29, 1.82) is 5.53 Å². The summed E-state index contributed by atoms with van der Waals surface area (Å²) in [5.74, 6) is 0. The van der Waals surface area contributed by atoms with E-state index >= 15 is 0 Å². The first-order chi connectivity index (χ1) is 4.92. The van der Waals surface area contributed by atoms with E-state index in [0.29, 0.717) is 11.4 Å². The molecule has 2 N–H and O–H groups in total. The van der Waals surface area contributed by atoms with Gasteiger partial charge in [0, 0.05) is 6.20 Å². The van der Waals surface area contributed by atoms with Crippen molar-refractivity contribution >= 4 is 16.8 Å². The third-order valence-electron chi connectivity index (χ3n) is 1.40. The summed E-state index contributed by atoms with van der Waals surface area (Å²) >= 11 is 0. The predicted octanol–water partition coefficient (Wildman–Crippen LogP) is 2.42. The Morgan fingerprint density at radius 3 is 3.30 bits per heavy atom. The molecule has 0 unspecified atom stereocenters. The highest BCUT2D eigenvalue weighted by molar-refractivity contribution is 5.86. The van der Waals surface area contributed by atoms with Gasteiger partial charge in [-0.1, -0.05) is 0 Å². The van der Waals surface area contributed by atoms with Gasteiger partial charge in [-0.25, -0.2) is 5.53 Å². The van der Waals surface area contributed by atoms with Crippen molar-refractivity contribution in [3.05, 3.63) is 18.5 Å². The molecule has 10 heavy (non-hydrogen) atoms. The number of nitrogens with one attached hydrogen (secondary N) is 2. The van der Waals surface area contributed by atoms with Crippen LogP contribution in [-0.2, 0) is 0 Å². The molecule has 0 saturated heterocycles. The van der Waals surface area contributed by atoms with Crippen molar-refractivity contribution in [2.75, 3.05) is 0 Å². The summed E-state index contributed by atoms with van der Waals surface area (Å²) < 4.78 is 5.00. The summed E-state index contributed by atoms with van der Waals surface area (Å²) in [5, 5.41) is 4.15. The highest BCUT2D eigenvalue weighted by atomic mass is 16.3. The lowest BCUT2D eigenvalue weighted by Crippen LogP contribution is -1.49. The molecule has 0 saturated carbocycles. The molecular formula is C6H5N3O. The molecule has 0 aromatic carbocycles. The summed E-state index contributed by atoms with van der Waals surface area (Å²) in [4.78, 5) is 2.84. The molecule has 4 heteroatoms. The van der Waals surface area contributed by atoms with Crippen molar-refractivity contribution in [3.8, 4) is 0 Å². The normalized spacial score (nSPS) is 10.4. The first-order valence-electron chi connectivity index (χ1n) is 2.84. The third-order valence-corrected chi connectivity index (χ3v) is 1.40. The van der Waals surface area contributed by atoms with Crippen LogP contribution in [0.25, 0.3) is 11.1 Å². The molecule has 0 bridgehead atoms. The number of fused-ring (bicyclic) bond motifs is 1. The molecule has 0 fully saturated rings. The van der Waals surface area contributed by atoms with Gasteiger partial charge in [-0.05, 0) is 6.07 Å². The van der Waals surface area contributed by atoms with E-state index in [4.69, 9.17) is 9.95 Å². The van der Waals surface area contributed by atoms with E-state index in [-0.39, 0.29) is 0 Å². The van der Waals surface area contributed by atoms with Gasteiger partial charge in [-0.15, -0.1) is 0 Å². The number of furan rings is 1. The van der Waals surface area contributed by atoms with Gasteiger partial charge in [0.15, 0.2) is 0 Å². The molecule has 2 rings (SSSR count). The molecule has 0 aliphatic rings. The SMILES string of the molecule is N=Nc1c[nH]c2occc12. The fraction of sp³-hybridized carbons (Fsp3) is 0. The lowest BCUT2D eigenvalue weighted by Gasteiger charge is -1.75. The Hall–Kier alpha value is -1.58. The van der Waals surface area contributed by atoms with Crippen LogP contribution in [0.2, 0.25) is 0 Å². The lowest BCUT2D eigenvalue weighted by atomic mass is 10.4. The summed E-state index contributed by atoms with van der Waals surface area (Å²) in [5.41, 5.74) is 8.03. The minimum atomic E-state index is 0.615. The zero-order chi connectivity index (χ0) is 6.97. The maximum absolute atomic E-state index is 6.74. The lowest BCUT2D eigenvalue weighted by molar-refractivity contribution is 0.604. The maximum Gasteiger partial charge on any atom is 0.206 e. The minimum absolute atomic E-state index is 0.615. The van der Waals surface area contributed by atoms with E-state index in [1.165, 1.54) is 0 Å². The Balaban J connectivity index is 2.88. The topological polar surface area (TPSA) is 65.1 Å². The highest BCUT2D eigenvalue weighted by Crippen LogP contribution is 2.25. The zero-order valence-corrected chi connectivity index (χ0v) is 5.09. The number of aromatic amines is 1. The van der Waals surface area contributed by atoms with E-state index in [1.807, 2.05) is 0 Å². The summed E-state index contributed by atoms with van der Waals surface area (Å²) in [6, 6.07) is 1.78. The molecule has 0 spiro atoms. The van der Waals surface area contributed by atoms with Crippen LogP contribution < -0.4 is 0 Å². The van der Waals surface area contributed by atoms with Crippen LogP contribution in [-0.4, -0.2) is 4.98 Å². The number of aromatic nitrogens is 1. The average Bonchev–Trinajstić information content (AvgIpc) is 2.44. The van der Waals surface area contributed by atoms with Crippen LogP contribution in [0, 0.1) is 5.53 Å². The summed E-state index contributed by atoms with van der Waals surface area (Å²) in [7, 11) is 0. The smallest absolute Gasteiger partial charge is 0.206 e. The van der Waals surface area contributed by atoms with Gasteiger partial charge in [0.1, 0.15) is 5.69 Å². The van der Waals surface area contributed by atoms with Crippen molar-refractivity contribution in [2.24, 2.45) is 5.11 Å². The quantitative estimate of drug-likeness (QED) is 0.579. The van der Waals surface area contributed by atoms with Gasteiger partial charge in [-0.2, -0.15) is 5.11 Å². The molecule has 0 amide bonds. The van der Waals surface area contributed by atoms with E-state index in [2.05, 4.69) is 10.1 Å². The number of rotatable bonds is 1. The van der Waals surface area contributed by atoms with Crippen LogP contribution in [0.1, 0.15) is 0 Å². The first kappa shape index (κ1) is 5.22. The number of hydrogen-bond acceptors (Lipinski definition) is 3. The molecule has 50 valence electrons. The molecule has 2 aromatic rings. The molecule has 0 atom stereocenters. The molecule has 0 aliphatic carbocycles. The molecule has 2 heterocycles. The monoisotopic (exact) mass is 135 g/mol. The second-order valence-electron chi connectivity index (χ2n) is 1.95. The van der Waals surface area contributed by atoms with Crippen LogP contribution in [0.4, 0.5) is 5.69 Å². The van der Waals surface area contributed by atoms with Crippen LogP contribution in [0.15, 0.2) is 28.1 Å². The average molecular weight is 135 g/mol. The van der Waals surface area contributed by atoms with Crippen molar-refractivity contribution in [2.45, 2.75) is 0 Å². The van der Waals surface area contributed by atoms with Gasteiger partial charge >= 0.3 is 0 Å². The largest absolute Gasteiger partial charge is 0.448 e. The van der Waals surface area contributed by atoms with E-state index in [1.54, 1.807) is 18.5 Å². The Bertz CT molecular complexity index is 360. The highest BCUT2D eigenvalue weighted by Gasteiger charge is 2.02. The molecule has 4 nitrogen and oxygen atoms in total. The maximum atomic E-state index is 6.74. The number of H-pyrrole nitrogens is 1. The number of nitrogens with zero attached hydrogens (tertiary/aromatic N) is 1. The van der Waals surface area contributed by atoms with Crippen molar-refractivity contribution < 1.29 is 4.42 Å². The van der Waals surface area contributed by atoms with Gasteiger partial charge in [-0.3, -0.25) is 0 Å². The Morgan fingerprint density at radius 1 is 1.60 bits per heavy atom. The number of hydrogen-bond donors (Lipinski definition) is 2. The fourth-order valence-corrected chi connectivity index (χ4v) is 0.927. The van der Waals surface area contributed by atoms with Crippen LogP contribution in [0.5, 0.6) is 0 Å². The summed E-state index contributed by atoms with van der Waals surface area (Å²) in [6.45, 7) is 0. The second kappa shape index (κ2) is 1.70. The first-order valence-corrected chi connectivity index (χ1v) is 2.84. The molecular weight excluding hydrogens is 130 g/mol.